The Hall–Kier alpha value is -1.77. The summed E-state index contributed by atoms with van der Waals surface area (Å²) in [4.78, 5) is 31.4. The number of carbonyl (C=O) groups is 2. The summed E-state index contributed by atoms with van der Waals surface area (Å²) in [6.07, 6.45) is 3.80. The van der Waals surface area contributed by atoms with E-state index < -0.39 is 5.97 Å². The summed E-state index contributed by atoms with van der Waals surface area (Å²) in [7, 11) is 1.32. The summed E-state index contributed by atoms with van der Waals surface area (Å²) in [5.74, 6) is -0.689. The van der Waals surface area contributed by atoms with Crippen LogP contribution in [-0.2, 0) is 11.3 Å². The lowest BCUT2D eigenvalue weighted by molar-refractivity contribution is 0.0606. The molecule has 0 spiro atoms. The van der Waals surface area contributed by atoms with E-state index in [1.165, 1.54) is 37.7 Å². The van der Waals surface area contributed by atoms with Gasteiger partial charge in [-0.3, -0.25) is 15.0 Å². The summed E-state index contributed by atoms with van der Waals surface area (Å²) in [5, 5.41) is 5.36. The van der Waals surface area contributed by atoms with Crippen molar-refractivity contribution >= 4 is 39.7 Å². The highest BCUT2D eigenvalue weighted by molar-refractivity contribution is 7.16. The minimum Gasteiger partial charge on any atom is -0.465 e. The predicted molar refractivity (Wildman–Crippen MR) is 94.9 cm³/mol. The van der Waals surface area contributed by atoms with E-state index in [0.29, 0.717) is 14.9 Å². The predicted octanol–water partition coefficient (Wildman–Crippen LogP) is 3.23. The van der Waals surface area contributed by atoms with Gasteiger partial charge in [-0.25, -0.2) is 9.78 Å². The first-order valence-corrected chi connectivity index (χ1v) is 9.51. The zero-order valence-electron chi connectivity index (χ0n) is 13.4. The van der Waals surface area contributed by atoms with Crippen molar-refractivity contribution in [3.05, 3.63) is 33.0 Å². The molecule has 0 atom stereocenters. The van der Waals surface area contributed by atoms with Crippen LogP contribution in [0, 0.1) is 0 Å². The highest BCUT2D eigenvalue weighted by Gasteiger charge is 2.16. The van der Waals surface area contributed by atoms with Gasteiger partial charge < -0.3 is 4.74 Å². The molecule has 6 nitrogen and oxygen atoms in total. The van der Waals surface area contributed by atoms with Crippen molar-refractivity contribution in [3.63, 3.8) is 0 Å². The quantitative estimate of drug-likeness (QED) is 0.824. The summed E-state index contributed by atoms with van der Waals surface area (Å²) in [6, 6.07) is 3.21. The SMILES string of the molecule is COC(=O)c1ccc(C(=O)Nc2nc(CN3CCCCC3)cs2)s1. The maximum absolute atomic E-state index is 12.2. The number of methoxy groups -OCH3 is 1. The van der Waals surface area contributed by atoms with Crippen LogP contribution in [-0.4, -0.2) is 42.0 Å². The molecule has 0 bridgehead atoms. The zero-order chi connectivity index (χ0) is 16.9. The van der Waals surface area contributed by atoms with Gasteiger partial charge in [-0.2, -0.15) is 0 Å². The largest absolute Gasteiger partial charge is 0.465 e. The molecule has 1 N–H and O–H groups in total. The van der Waals surface area contributed by atoms with Gasteiger partial charge in [0.15, 0.2) is 5.13 Å². The Morgan fingerprint density at radius 3 is 2.75 bits per heavy atom. The Balaban J connectivity index is 1.58. The molecule has 1 aliphatic rings. The first-order valence-electron chi connectivity index (χ1n) is 7.82. The topological polar surface area (TPSA) is 71.5 Å². The van der Waals surface area contributed by atoms with Crippen LogP contribution < -0.4 is 5.32 Å². The summed E-state index contributed by atoms with van der Waals surface area (Å²) in [5.41, 5.74) is 0.985. The van der Waals surface area contributed by atoms with Crippen molar-refractivity contribution in [1.82, 2.24) is 9.88 Å². The highest BCUT2D eigenvalue weighted by atomic mass is 32.1. The third-order valence-corrected chi connectivity index (χ3v) is 5.69. The minimum absolute atomic E-state index is 0.256. The van der Waals surface area contributed by atoms with E-state index in [1.807, 2.05) is 5.38 Å². The number of nitrogens with one attached hydrogen (secondary N) is 1. The van der Waals surface area contributed by atoms with Crippen molar-refractivity contribution in [2.45, 2.75) is 25.8 Å². The molecule has 24 heavy (non-hydrogen) atoms. The first kappa shape index (κ1) is 17.1. The van der Waals surface area contributed by atoms with E-state index in [9.17, 15) is 9.59 Å². The van der Waals surface area contributed by atoms with Crippen LogP contribution in [0.5, 0.6) is 0 Å². The molecule has 128 valence electrons. The number of piperidine rings is 1. The molecular formula is C16H19N3O3S2. The molecule has 2 aromatic rings. The lowest BCUT2D eigenvalue weighted by atomic mass is 10.1. The molecule has 0 radical (unpaired) electrons. The number of hydrogen-bond acceptors (Lipinski definition) is 7. The number of amides is 1. The second kappa shape index (κ2) is 7.87. The number of hydrogen-bond donors (Lipinski definition) is 1. The fraction of sp³-hybridized carbons (Fsp3) is 0.438. The molecule has 0 aliphatic carbocycles. The third kappa shape index (κ3) is 4.19. The Labute approximate surface area is 148 Å². The van der Waals surface area contributed by atoms with E-state index in [4.69, 9.17) is 0 Å². The molecule has 8 heteroatoms. The number of thiophene rings is 1. The smallest absolute Gasteiger partial charge is 0.348 e. The molecule has 1 amide bonds. The minimum atomic E-state index is -0.433. The second-order valence-corrected chi connectivity index (χ2v) is 7.53. The Bertz CT molecular complexity index is 720. The van der Waals surface area contributed by atoms with Crippen molar-refractivity contribution in [1.29, 1.82) is 0 Å². The van der Waals surface area contributed by atoms with Gasteiger partial charge in [0.25, 0.3) is 5.91 Å². The van der Waals surface area contributed by atoms with E-state index in [1.54, 1.807) is 12.1 Å². The van der Waals surface area contributed by atoms with Crippen LogP contribution in [0.25, 0.3) is 0 Å². The van der Waals surface area contributed by atoms with Crippen LogP contribution in [0.2, 0.25) is 0 Å². The van der Waals surface area contributed by atoms with Crippen molar-refractivity contribution < 1.29 is 14.3 Å². The van der Waals surface area contributed by atoms with Crippen molar-refractivity contribution in [2.24, 2.45) is 0 Å². The standard InChI is InChI=1S/C16H19N3O3S2/c1-22-15(21)13-6-5-12(24-13)14(20)18-16-17-11(10-23-16)9-19-7-3-2-4-8-19/h5-6,10H,2-4,7-9H2,1H3,(H,17,18,20). The monoisotopic (exact) mass is 365 g/mol. The highest BCUT2D eigenvalue weighted by Crippen LogP contribution is 2.22. The third-order valence-electron chi connectivity index (χ3n) is 3.82. The van der Waals surface area contributed by atoms with Gasteiger partial charge in [0.1, 0.15) is 4.88 Å². The molecule has 0 saturated carbocycles. The number of carbonyl (C=O) groups excluding carboxylic acids is 2. The molecule has 1 aliphatic heterocycles. The summed E-state index contributed by atoms with van der Waals surface area (Å²) in [6.45, 7) is 3.06. The van der Waals surface area contributed by atoms with Crippen LogP contribution in [0.4, 0.5) is 5.13 Å². The molecule has 3 rings (SSSR count). The lowest BCUT2D eigenvalue weighted by Crippen LogP contribution is -2.29. The number of rotatable bonds is 5. The van der Waals surface area contributed by atoms with E-state index in [2.05, 4.69) is 19.9 Å². The van der Waals surface area contributed by atoms with Crippen molar-refractivity contribution in [3.8, 4) is 0 Å². The van der Waals surface area contributed by atoms with E-state index in [0.717, 1.165) is 36.7 Å². The van der Waals surface area contributed by atoms with Crippen molar-refractivity contribution in [2.75, 3.05) is 25.5 Å². The van der Waals surface area contributed by atoms with Crippen LogP contribution in [0.15, 0.2) is 17.5 Å². The first-order chi connectivity index (χ1) is 11.7. The van der Waals surface area contributed by atoms with Gasteiger partial charge >= 0.3 is 5.97 Å². The van der Waals surface area contributed by atoms with Gasteiger partial charge in [-0.05, 0) is 38.1 Å². The molecule has 1 saturated heterocycles. The number of esters is 1. The summed E-state index contributed by atoms with van der Waals surface area (Å²) < 4.78 is 4.65. The fourth-order valence-electron chi connectivity index (χ4n) is 2.61. The Kier molecular flexibility index (Phi) is 5.60. The molecule has 2 aromatic heterocycles. The normalized spacial score (nSPS) is 15.2. The number of likely N-dealkylation sites (tertiary alicyclic amines) is 1. The van der Waals surface area contributed by atoms with E-state index >= 15 is 0 Å². The van der Waals surface area contributed by atoms with Crippen LogP contribution >= 0.6 is 22.7 Å². The van der Waals surface area contributed by atoms with Crippen LogP contribution in [0.1, 0.15) is 44.3 Å². The number of anilines is 1. The Morgan fingerprint density at radius 1 is 1.25 bits per heavy atom. The molecule has 3 heterocycles. The molecule has 0 unspecified atom stereocenters. The average molecular weight is 365 g/mol. The second-order valence-electron chi connectivity index (χ2n) is 5.59. The fourth-order valence-corrected chi connectivity index (χ4v) is 4.13. The summed E-state index contributed by atoms with van der Waals surface area (Å²) >= 11 is 2.53. The van der Waals surface area contributed by atoms with Gasteiger partial charge in [-0.1, -0.05) is 6.42 Å². The number of aromatic nitrogens is 1. The van der Waals surface area contributed by atoms with Gasteiger partial charge in [-0.15, -0.1) is 22.7 Å². The van der Waals surface area contributed by atoms with Gasteiger partial charge in [0, 0.05) is 11.9 Å². The molecular weight excluding hydrogens is 346 g/mol. The van der Waals surface area contributed by atoms with Crippen LogP contribution in [0.3, 0.4) is 0 Å². The number of ether oxygens (including phenoxy) is 1. The molecule has 0 aromatic carbocycles. The zero-order valence-corrected chi connectivity index (χ0v) is 15.0. The number of nitrogens with zero attached hydrogens (tertiary/aromatic N) is 2. The van der Waals surface area contributed by atoms with Gasteiger partial charge in [0.05, 0.1) is 17.7 Å². The lowest BCUT2D eigenvalue weighted by Gasteiger charge is -2.25. The maximum Gasteiger partial charge on any atom is 0.348 e. The van der Waals surface area contributed by atoms with E-state index in [-0.39, 0.29) is 5.91 Å². The maximum atomic E-state index is 12.2. The number of thiazole rings is 1. The Morgan fingerprint density at radius 2 is 2.00 bits per heavy atom. The molecule has 1 fully saturated rings. The average Bonchev–Trinajstić information content (AvgIpc) is 3.25. The van der Waals surface area contributed by atoms with Gasteiger partial charge in [0.2, 0.25) is 0 Å².